The lowest BCUT2D eigenvalue weighted by molar-refractivity contribution is 0.0940. The smallest absolute Gasteiger partial charge is 0.255 e. The molecule has 0 aliphatic heterocycles. The van der Waals surface area contributed by atoms with Crippen LogP contribution in [-0.2, 0) is 0 Å². The van der Waals surface area contributed by atoms with Crippen LogP contribution in [0.15, 0.2) is 34.7 Å². The minimum Gasteiger partial charge on any atom is -0.466 e. The molecular weight excluding hydrogens is 276 g/mol. The van der Waals surface area contributed by atoms with Crippen LogP contribution in [0, 0.1) is 20.8 Å². The summed E-state index contributed by atoms with van der Waals surface area (Å²) in [4.78, 5) is 14.6. The van der Waals surface area contributed by atoms with E-state index in [1.54, 1.807) is 0 Å². The highest BCUT2D eigenvalue weighted by Gasteiger charge is 2.20. The van der Waals surface area contributed by atoms with E-state index in [9.17, 15) is 4.79 Å². The second-order valence-corrected chi connectivity index (χ2v) is 5.81. The zero-order valence-corrected chi connectivity index (χ0v) is 13.9. The van der Waals surface area contributed by atoms with Crippen LogP contribution < -0.4 is 5.32 Å². The lowest BCUT2D eigenvalue weighted by Gasteiger charge is -2.25. The Kier molecular flexibility index (Phi) is 5.03. The predicted molar refractivity (Wildman–Crippen MR) is 88.1 cm³/mol. The fraction of sp³-hybridized carbons (Fsp3) is 0.389. The molecular formula is C18H24N2O2. The average molecular weight is 300 g/mol. The fourth-order valence-corrected chi connectivity index (χ4v) is 2.68. The van der Waals surface area contributed by atoms with Crippen molar-refractivity contribution in [1.29, 1.82) is 0 Å². The number of likely N-dealkylation sites (N-methyl/N-ethyl adjacent to an activating group) is 1. The molecule has 2 rings (SSSR count). The third kappa shape index (κ3) is 3.39. The quantitative estimate of drug-likeness (QED) is 0.922. The van der Waals surface area contributed by atoms with Gasteiger partial charge in [-0.25, -0.2) is 0 Å². The monoisotopic (exact) mass is 300 g/mol. The number of hydrogen-bond acceptors (Lipinski definition) is 3. The summed E-state index contributed by atoms with van der Waals surface area (Å²) in [5.41, 5.74) is 2.75. The molecule has 0 saturated heterocycles. The van der Waals surface area contributed by atoms with Crippen molar-refractivity contribution in [3.63, 3.8) is 0 Å². The molecule has 0 aliphatic carbocycles. The Morgan fingerprint density at radius 3 is 2.27 bits per heavy atom. The Labute approximate surface area is 132 Å². The van der Waals surface area contributed by atoms with Crippen molar-refractivity contribution in [2.75, 3.05) is 20.6 Å². The first-order chi connectivity index (χ1) is 10.4. The molecule has 0 aliphatic rings. The molecule has 1 N–H and O–H groups in total. The van der Waals surface area contributed by atoms with E-state index in [1.165, 1.54) is 5.56 Å². The number of aryl methyl sites for hydroxylation is 2. The van der Waals surface area contributed by atoms with Gasteiger partial charge in [0.2, 0.25) is 0 Å². The number of nitrogens with zero attached hydrogens (tertiary/aromatic N) is 1. The maximum atomic E-state index is 12.5. The van der Waals surface area contributed by atoms with Crippen molar-refractivity contribution in [3.05, 3.63) is 58.5 Å². The molecule has 1 aromatic carbocycles. The molecule has 1 amide bonds. The zero-order valence-electron chi connectivity index (χ0n) is 13.9. The Morgan fingerprint density at radius 1 is 1.14 bits per heavy atom. The standard InChI is InChI=1S/C18H24N2O2/c1-12-13(2)22-14(3)17(12)18(21)19-11-16(20(4)5)15-9-7-6-8-10-15/h6-10,16H,11H2,1-5H3,(H,19,21)/t16-/m0/s1. The van der Waals surface area contributed by atoms with Crippen LogP contribution in [-0.4, -0.2) is 31.4 Å². The summed E-state index contributed by atoms with van der Waals surface area (Å²) < 4.78 is 5.53. The van der Waals surface area contributed by atoms with Gasteiger partial charge in [-0.3, -0.25) is 4.79 Å². The van der Waals surface area contributed by atoms with Gasteiger partial charge in [0.25, 0.3) is 5.91 Å². The van der Waals surface area contributed by atoms with Gasteiger partial charge in [0, 0.05) is 12.1 Å². The Bertz CT molecular complexity index is 645. The van der Waals surface area contributed by atoms with Crippen LogP contribution in [0.3, 0.4) is 0 Å². The maximum Gasteiger partial charge on any atom is 0.255 e. The summed E-state index contributed by atoms with van der Waals surface area (Å²) in [6, 6.07) is 10.3. The Morgan fingerprint density at radius 2 is 1.77 bits per heavy atom. The van der Waals surface area contributed by atoms with Crippen LogP contribution >= 0.6 is 0 Å². The summed E-state index contributed by atoms with van der Waals surface area (Å²) in [5, 5.41) is 3.03. The van der Waals surface area contributed by atoms with Crippen LogP contribution in [0.5, 0.6) is 0 Å². The number of hydrogen-bond donors (Lipinski definition) is 1. The molecule has 2 aromatic rings. The van der Waals surface area contributed by atoms with E-state index in [0.29, 0.717) is 17.9 Å². The summed E-state index contributed by atoms with van der Waals surface area (Å²) in [6.45, 7) is 6.18. The van der Waals surface area contributed by atoms with E-state index in [0.717, 1.165) is 11.3 Å². The fourth-order valence-electron chi connectivity index (χ4n) is 2.68. The number of rotatable bonds is 5. The van der Waals surface area contributed by atoms with Gasteiger partial charge in [-0.2, -0.15) is 0 Å². The highest BCUT2D eigenvalue weighted by molar-refractivity contribution is 5.96. The summed E-state index contributed by atoms with van der Waals surface area (Å²) in [7, 11) is 4.03. The minimum absolute atomic E-state index is 0.0744. The Hall–Kier alpha value is -2.07. The number of carbonyl (C=O) groups is 1. The molecule has 118 valence electrons. The highest BCUT2D eigenvalue weighted by atomic mass is 16.3. The number of carbonyl (C=O) groups excluding carboxylic acids is 1. The molecule has 0 fully saturated rings. The number of amides is 1. The maximum absolute atomic E-state index is 12.5. The second-order valence-electron chi connectivity index (χ2n) is 5.81. The third-order valence-electron chi connectivity index (χ3n) is 4.05. The molecule has 4 nitrogen and oxygen atoms in total. The van der Waals surface area contributed by atoms with Crippen molar-refractivity contribution < 1.29 is 9.21 Å². The average Bonchev–Trinajstić information content (AvgIpc) is 2.73. The van der Waals surface area contributed by atoms with Gasteiger partial charge in [0.1, 0.15) is 11.5 Å². The topological polar surface area (TPSA) is 45.5 Å². The molecule has 0 bridgehead atoms. The van der Waals surface area contributed by atoms with E-state index in [4.69, 9.17) is 4.42 Å². The molecule has 1 heterocycles. The lowest BCUT2D eigenvalue weighted by Crippen LogP contribution is -2.34. The van der Waals surface area contributed by atoms with E-state index in [2.05, 4.69) is 22.3 Å². The molecule has 0 radical (unpaired) electrons. The normalized spacial score (nSPS) is 12.5. The molecule has 1 atom stereocenters. The number of furan rings is 1. The first kappa shape index (κ1) is 16.3. The first-order valence-corrected chi connectivity index (χ1v) is 7.48. The van der Waals surface area contributed by atoms with Crippen LogP contribution in [0.25, 0.3) is 0 Å². The van der Waals surface area contributed by atoms with Gasteiger partial charge in [-0.05, 0) is 40.4 Å². The molecule has 4 heteroatoms. The van der Waals surface area contributed by atoms with E-state index in [1.807, 2.05) is 53.1 Å². The molecule has 0 spiro atoms. The van der Waals surface area contributed by atoms with Gasteiger partial charge >= 0.3 is 0 Å². The van der Waals surface area contributed by atoms with Crippen molar-refractivity contribution in [3.8, 4) is 0 Å². The SMILES string of the molecule is Cc1oc(C)c(C(=O)NC[C@@H](c2ccccc2)N(C)C)c1C. The number of benzene rings is 1. The zero-order chi connectivity index (χ0) is 16.3. The predicted octanol–water partition coefficient (Wildman–Crippen LogP) is 3.24. The van der Waals surface area contributed by atoms with Gasteiger partial charge in [-0.15, -0.1) is 0 Å². The van der Waals surface area contributed by atoms with Gasteiger partial charge in [0.15, 0.2) is 0 Å². The van der Waals surface area contributed by atoms with Gasteiger partial charge in [-0.1, -0.05) is 30.3 Å². The molecule has 0 unspecified atom stereocenters. The summed E-state index contributed by atoms with van der Waals surface area (Å²) in [6.07, 6.45) is 0. The van der Waals surface area contributed by atoms with Crippen LogP contribution in [0.2, 0.25) is 0 Å². The van der Waals surface area contributed by atoms with E-state index < -0.39 is 0 Å². The largest absolute Gasteiger partial charge is 0.466 e. The second kappa shape index (κ2) is 6.79. The summed E-state index contributed by atoms with van der Waals surface area (Å²) >= 11 is 0. The van der Waals surface area contributed by atoms with Crippen molar-refractivity contribution in [2.24, 2.45) is 0 Å². The van der Waals surface area contributed by atoms with Gasteiger partial charge in [0.05, 0.1) is 11.6 Å². The first-order valence-electron chi connectivity index (χ1n) is 7.48. The van der Waals surface area contributed by atoms with Crippen molar-refractivity contribution in [2.45, 2.75) is 26.8 Å². The molecule has 0 saturated carbocycles. The molecule has 1 aromatic heterocycles. The molecule has 22 heavy (non-hydrogen) atoms. The third-order valence-corrected chi connectivity index (χ3v) is 4.05. The van der Waals surface area contributed by atoms with Gasteiger partial charge < -0.3 is 14.6 Å². The minimum atomic E-state index is -0.0744. The van der Waals surface area contributed by atoms with E-state index in [-0.39, 0.29) is 11.9 Å². The van der Waals surface area contributed by atoms with Crippen molar-refractivity contribution >= 4 is 5.91 Å². The lowest BCUT2D eigenvalue weighted by atomic mass is 10.1. The number of nitrogens with one attached hydrogen (secondary N) is 1. The van der Waals surface area contributed by atoms with E-state index >= 15 is 0 Å². The summed E-state index contributed by atoms with van der Waals surface area (Å²) in [5.74, 6) is 1.40. The Balaban J connectivity index is 2.11. The van der Waals surface area contributed by atoms with Crippen LogP contribution in [0.1, 0.15) is 39.0 Å². The van der Waals surface area contributed by atoms with Crippen molar-refractivity contribution in [1.82, 2.24) is 10.2 Å². The van der Waals surface area contributed by atoms with Crippen LogP contribution in [0.4, 0.5) is 0 Å². The highest BCUT2D eigenvalue weighted by Crippen LogP contribution is 2.21.